The lowest BCUT2D eigenvalue weighted by atomic mass is 9.94. The molecule has 1 aliphatic rings. The number of nitrogens with one attached hydrogen (secondary N) is 1. The molecule has 180 valence electrons. The van der Waals surface area contributed by atoms with Gasteiger partial charge >= 0.3 is 6.09 Å². The zero-order valence-corrected chi connectivity index (χ0v) is 21.0. The Bertz CT molecular complexity index is 991. The molecule has 2 amide bonds. The lowest BCUT2D eigenvalue weighted by Crippen LogP contribution is -2.51. The molecule has 33 heavy (non-hydrogen) atoms. The maximum absolute atomic E-state index is 12.4. The van der Waals surface area contributed by atoms with Crippen molar-refractivity contribution < 1.29 is 18.7 Å². The van der Waals surface area contributed by atoms with E-state index in [1.165, 1.54) is 11.3 Å². The minimum atomic E-state index is -0.514. The predicted octanol–water partition coefficient (Wildman–Crippen LogP) is 4.09. The number of amides is 2. The molecule has 1 N–H and O–H groups in total. The molecule has 0 aromatic carbocycles. The third-order valence-corrected chi connectivity index (χ3v) is 5.69. The zero-order valence-electron chi connectivity index (χ0n) is 20.2. The van der Waals surface area contributed by atoms with Gasteiger partial charge in [-0.05, 0) is 26.8 Å². The molecule has 1 fully saturated rings. The summed E-state index contributed by atoms with van der Waals surface area (Å²) < 4.78 is 11.2. The van der Waals surface area contributed by atoms with E-state index in [2.05, 4.69) is 36.1 Å². The third kappa shape index (κ3) is 7.68. The molecule has 0 atom stereocenters. The number of carbonyl (C=O) groups is 2. The Balaban J connectivity index is 1.45. The van der Waals surface area contributed by atoms with Crippen LogP contribution < -0.4 is 5.32 Å². The van der Waals surface area contributed by atoms with Crippen molar-refractivity contribution in [1.82, 2.24) is 19.8 Å². The van der Waals surface area contributed by atoms with Gasteiger partial charge < -0.3 is 19.4 Å². The molecular formula is C23H33N5O4S. The molecule has 0 saturated carbocycles. The zero-order chi connectivity index (χ0) is 24.2. The van der Waals surface area contributed by atoms with E-state index < -0.39 is 5.60 Å². The second-order valence-corrected chi connectivity index (χ2v) is 11.1. The third-order valence-electron chi connectivity index (χ3n) is 4.81. The number of anilines is 1. The Hall–Kier alpha value is -2.72. The molecule has 0 unspecified atom stereocenters. The van der Waals surface area contributed by atoms with Crippen LogP contribution in [0.25, 0.3) is 12.2 Å². The molecule has 9 nitrogen and oxygen atoms in total. The first kappa shape index (κ1) is 24.9. The number of ether oxygens (including phenoxy) is 1. The summed E-state index contributed by atoms with van der Waals surface area (Å²) in [5.41, 5.74) is -0.608. The largest absolute Gasteiger partial charge is 0.444 e. The van der Waals surface area contributed by atoms with E-state index in [0.29, 0.717) is 37.2 Å². The number of oxazole rings is 1. The van der Waals surface area contributed by atoms with Gasteiger partial charge in [-0.2, -0.15) is 0 Å². The number of thiazole rings is 1. The number of piperazine rings is 1. The molecule has 2 aromatic rings. The molecule has 0 aliphatic carbocycles. The first-order chi connectivity index (χ1) is 15.4. The first-order valence-electron chi connectivity index (χ1n) is 11.0. The van der Waals surface area contributed by atoms with Crippen molar-refractivity contribution in [2.24, 2.45) is 0 Å². The maximum atomic E-state index is 12.4. The Morgan fingerprint density at radius 1 is 1.09 bits per heavy atom. The van der Waals surface area contributed by atoms with Gasteiger partial charge in [0.2, 0.25) is 11.8 Å². The smallest absolute Gasteiger partial charge is 0.410 e. The lowest BCUT2D eigenvalue weighted by Gasteiger charge is -2.35. The van der Waals surface area contributed by atoms with E-state index in [4.69, 9.17) is 9.15 Å². The number of hydrogen-bond acceptors (Lipinski definition) is 8. The number of hydrogen-bond donors (Lipinski definition) is 1. The fourth-order valence-electron chi connectivity index (χ4n) is 3.06. The van der Waals surface area contributed by atoms with Gasteiger partial charge in [-0.3, -0.25) is 9.69 Å². The van der Waals surface area contributed by atoms with Crippen LogP contribution in [-0.2, 0) is 14.9 Å². The van der Waals surface area contributed by atoms with Crippen LogP contribution >= 0.6 is 11.3 Å². The summed E-state index contributed by atoms with van der Waals surface area (Å²) in [7, 11) is 0. The molecule has 0 spiro atoms. The van der Waals surface area contributed by atoms with E-state index in [0.717, 1.165) is 10.6 Å². The molecule has 1 aliphatic heterocycles. The summed E-state index contributed by atoms with van der Waals surface area (Å²) in [5, 5.41) is 3.38. The van der Waals surface area contributed by atoms with Crippen LogP contribution in [-0.4, -0.2) is 70.1 Å². The summed E-state index contributed by atoms with van der Waals surface area (Å²) in [6, 6.07) is 0. The highest BCUT2D eigenvalue weighted by molar-refractivity contribution is 7.16. The predicted molar refractivity (Wildman–Crippen MR) is 129 cm³/mol. The van der Waals surface area contributed by atoms with Crippen LogP contribution in [0.1, 0.15) is 58.1 Å². The Kier molecular flexibility index (Phi) is 7.58. The van der Waals surface area contributed by atoms with Gasteiger partial charge in [0.15, 0.2) is 5.13 Å². The van der Waals surface area contributed by atoms with Crippen molar-refractivity contribution in [1.29, 1.82) is 0 Å². The summed E-state index contributed by atoms with van der Waals surface area (Å²) in [6.45, 7) is 14.3. The van der Waals surface area contributed by atoms with Gasteiger partial charge in [-0.15, -0.1) is 0 Å². The Morgan fingerprint density at radius 3 is 2.39 bits per heavy atom. The standard InChI is InChI=1S/C23H33N5O4S/c1-22(2,3)17-14-24-19(31-17)8-7-16-13-25-20(33-16)26-18(29)15-27-9-11-28(12-10-27)21(30)32-23(4,5)6/h7-8,13-14H,9-12,15H2,1-6H3,(H,25,26,29). The fourth-order valence-corrected chi connectivity index (χ4v) is 3.80. The highest BCUT2D eigenvalue weighted by Gasteiger charge is 2.26. The van der Waals surface area contributed by atoms with Crippen LogP contribution in [0, 0.1) is 0 Å². The summed E-state index contributed by atoms with van der Waals surface area (Å²) in [6.07, 6.45) is 6.78. The molecule has 0 radical (unpaired) electrons. The van der Waals surface area contributed by atoms with Crippen LogP contribution in [0.15, 0.2) is 16.8 Å². The SMILES string of the molecule is CC(C)(C)OC(=O)N1CCN(CC(=O)Nc2ncc(C=Cc3ncc(C(C)(C)C)o3)s2)CC1. The van der Waals surface area contributed by atoms with Gasteiger partial charge in [-0.25, -0.2) is 14.8 Å². The normalized spacial score (nSPS) is 15.8. The number of carbonyl (C=O) groups excluding carboxylic acids is 2. The van der Waals surface area contributed by atoms with Gasteiger partial charge in [0.1, 0.15) is 11.4 Å². The van der Waals surface area contributed by atoms with Crippen molar-refractivity contribution in [3.63, 3.8) is 0 Å². The van der Waals surface area contributed by atoms with Gasteiger partial charge in [-0.1, -0.05) is 32.1 Å². The minimum absolute atomic E-state index is 0.0938. The molecule has 10 heteroatoms. The van der Waals surface area contributed by atoms with E-state index in [-0.39, 0.29) is 24.0 Å². The highest BCUT2D eigenvalue weighted by Crippen LogP contribution is 2.24. The van der Waals surface area contributed by atoms with E-state index >= 15 is 0 Å². The quantitative estimate of drug-likeness (QED) is 0.695. The van der Waals surface area contributed by atoms with E-state index in [1.807, 2.05) is 31.7 Å². The molecular weight excluding hydrogens is 442 g/mol. The first-order valence-corrected chi connectivity index (χ1v) is 11.8. The minimum Gasteiger partial charge on any atom is -0.444 e. The number of aromatic nitrogens is 2. The van der Waals surface area contributed by atoms with Crippen molar-refractivity contribution >= 4 is 40.6 Å². The second kappa shape index (κ2) is 10.0. The molecule has 3 rings (SSSR count). The Morgan fingerprint density at radius 2 is 1.79 bits per heavy atom. The summed E-state index contributed by atoms with van der Waals surface area (Å²) in [4.78, 5) is 37.7. The van der Waals surface area contributed by atoms with Crippen LogP contribution in [0.5, 0.6) is 0 Å². The number of rotatable bonds is 5. The fraction of sp³-hybridized carbons (Fsp3) is 0.565. The summed E-state index contributed by atoms with van der Waals surface area (Å²) >= 11 is 1.38. The molecule has 0 bridgehead atoms. The van der Waals surface area contributed by atoms with Crippen LogP contribution in [0.3, 0.4) is 0 Å². The number of nitrogens with zero attached hydrogens (tertiary/aromatic N) is 4. The van der Waals surface area contributed by atoms with Gasteiger partial charge in [0.25, 0.3) is 0 Å². The van der Waals surface area contributed by atoms with Gasteiger partial charge in [0, 0.05) is 48.7 Å². The highest BCUT2D eigenvalue weighted by atomic mass is 32.1. The topological polar surface area (TPSA) is 101 Å². The maximum Gasteiger partial charge on any atom is 0.410 e. The van der Waals surface area contributed by atoms with Crippen molar-refractivity contribution in [3.05, 3.63) is 28.9 Å². The molecule has 3 heterocycles. The van der Waals surface area contributed by atoms with Crippen LogP contribution in [0.4, 0.5) is 9.93 Å². The Labute approximate surface area is 198 Å². The van der Waals surface area contributed by atoms with E-state index in [9.17, 15) is 9.59 Å². The average Bonchev–Trinajstić information content (AvgIpc) is 3.34. The average molecular weight is 476 g/mol. The second-order valence-electron chi connectivity index (χ2n) is 10.0. The summed E-state index contributed by atoms with van der Waals surface area (Å²) in [5.74, 6) is 1.23. The molecule has 2 aromatic heterocycles. The van der Waals surface area contributed by atoms with Gasteiger partial charge in [0.05, 0.1) is 12.7 Å². The van der Waals surface area contributed by atoms with Crippen LogP contribution in [0.2, 0.25) is 0 Å². The monoisotopic (exact) mass is 475 g/mol. The van der Waals surface area contributed by atoms with Crippen molar-refractivity contribution in [3.8, 4) is 0 Å². The lowest BCUT2D eigenvalue weighted by molar-refractivity contribution is -0.117. The van der Waals surface area contributed by atoms with Crippen molar-refractivity contribution in [2.75, 3.05) is 38.0 Å². The molecule has 1 saturated heterocycles. The van der Waals surface area contributed by atoms with Crippen molar-refractivity contribution in [2.45, 2.75) is 52.6 Å². The van der Waals surface area contributed by atoms with E-state index in [1.54, 1.807) is 23.4 Å².